The third-order valence-electron chi connectivity index (χ3n) is 3.66. The molecule has 23 heavy (non-hydrogen) atoms. The molecule has 2 N–H and O–H groups in total. The molecule has 2 heterocycles. The van der Waals surface area contributed by atoms with Gasteiger partial charge in [0.05, 0.1) is 0 Å². The van der Waals surface area contributed by atoms with Crippen molar-refractivity contribution in [2.45, 2.75) is 44.4 Å². The van der Waals surface area contributed by atoms with Gasteiger partial charge < -0.3 is 0 Å². The highest BCUT2D eigenvalue weighted by Crippen LogP contribution is 2.46. The average Bonchev–Trinajstić information content (AvgIpc) is 3.09. The van der Waals surface area contributed by atoms with Crippen LogP contribution in [-0.2, 0) is 4.79 Å². The van der Waals surface area contributed by atoms with E-state index in [0.29, 0.717) is 30.9 Å². The lowest BCUT2D eigenvalue weighted by atomic mass is 10.1. The zero-order valence-electron chi connectivity index (χ0n) is 12.4. The van der Waals surface area contributed by atoms with Crippen molar-refractivity contribution in [1.82, 2.24) is 15.4 Å². The van der Waals surface area contributed by atoms with Crippen LogP contribution in [0.25, 0.3) is 10.0 Å². The third kappa shape index (κ3) is 4.01. The molecule has 0 spiro atoms. The number of carbonyl (C=O) groups excluding carboxylic acids is 2. The Morgan fingerprint density at radius 1 is 1.26 bits per heavy atom. The molecule has 0 aromatic carbocycles. The maximum atomic E-state index is 12.5. The van der Waals surface area contributed by atoms with Crippen LogP contribution in [-0.4, -0.2) is 26.9 Å². The van der Waals surface area contributed by atoms with Crippen LogP contribution in [0, 0.1) is 0 Å². The Hall–Kier alpha value is -1.64. The average molecular weight is 351 g/mol. The molecule has 3 rings (SSSR count). The Bertz CT molecular complexity index is 693. The van der Waals surface area contributed by atoms with Crippen molar-refractivity contribution in [2.75, 3.05) is 0 Å². The van der Waals surface area contributed by atoms with E-state index in [0.717, 1.165) is 27.7 Å². The van der Waals surface area contributed by atoms with E-state index in [9.17, 15) is 9.59 Å². The molecule has 1 aliphatic carbocycles. The second kappa shape index (κ2) is 7.29. The number of nitrogens with one attached hydrogen (secondary N) is 1. The van der Waals surface area contributed by atoms with Gasteiger partial charge in [-0.05, 0) is 31.6 Å². The van der Waals surface area contributed by atoms with Gasteiger partial charge in [0, 0.05) is 29.3 Å². The van der Waals surface area contributed by atoms with E-state index in [1.54, 1.807) is 23.0 Å². The largest absolute Gasteiger partial charge is 0.292 e. The number of aromatic nitrogens is 2. The van der Waals surface area contributed by atoms with Gasteiger partial charge in [0.1, 0.15) is 5.69 Å². The molecule has 1 amide bonds. The summed E-state index contributed by atoms with van der Waals surface area (Å²) in [5.74, 6) is 0.0894. The summed E-state index contributed by atoms with van der Waals surface area (Å²) in [6, 6.07) is 0. The van der Waals surface area contributed by atoms with Crippen LogP contribution in [0.5, 0.6) is 0 Å². The Morgan fingerprint density at radius 3 is 2.70 bits per heavy atom. The quantitative estimate of drug-likeness (QED) is 0.329. The number of hydrogen-bond donors (Lipinski definition) is 2. The Kier molecular flexibility index (Phi) is 5.14. The maximum absolute atomic E-state index is 12.5. The lowest BCUT2D eigenvalue weighted by Gasteiger charge is -2.01. The second-order valence-corrected chi connectivity index (χ2v) is 7.43. The van der Waals surface area contributed by atoms with Crippen molar-refractivity contribution in [1.29, 1.82) is 0 Å². The van der Waals surface area contributed by atoms with Crippen LogP contribution in [0.3, 0.4) is 0 Å². The second-order valence-electron chi connectivity index (χ2n) is 5.51. The van der Waals surface area contributed by atoms with E-state index >= 15 is 0 Å². The molecule has 0 bridgehead atoms. The normalized spacial score (nSPS) is 14.0. The van der Waals surface area contributed by atoms with Gasteiger partial charge in [-0.2, -0.15) is 0 Å². The smallest absolute Gasteiger partial charge is 0.243 e. The van der Waals surface area contributed by atoms with Gasteiger partial charge in [-0.3, -0.25) is 14.8 Å². The van der Waals surface area contributed by atoms with Crippen molar-refractivity contribution in [3.05, 3.63) is 22.1 Å². The van der Waals surface area contributed by atoms with E-state index in [4.69, 9.17) is 5.21 Å². The molecular formula is C15H17N3O3S2. The van der Waals surface area contributed by atoms with Crippen LogP contribution in [0.15, 0.2) is 11.6 Å². The van der Waals surface area contributed by atoms with Crippen molar-refractivity contribution < 1.29 is 14.8 Å². The predicted molar refractivity (Wildman–Crippen MR) is 87.9 cm³/mol. The summed E-state index contributed by atoms with van der Waals surface area (Å²) < 4.78 is 0. The molecule has 0 radical (unpaired) electrons. The molecule has 0 unspecified atom stereocenters. The first-order valence-electron chi connectivity index (χ1n) is 7.55. The van der Waals surface area contributed by atoms with Crippen molar-refractivity contribution >= 4 is 34.4 Å². The van der Waals surface area contributed by atoms with Crippen LogP contribution < -0.4 is 5.48 Å². The highest BCUT2D eigenvalue weighted by molar-refractivity contribution is 7.20. The van der Waals surface area contributed by atoms with Gasteiger partial charge in [-0.1, -0.05) is 0 Å². The number of carbonyl (C=O) groups is 2. The number of ketones is 1. The number of thiazole rings is 2. The Labute approximate surface area is 141 Å². The first-order chi connectivity index (χ1) is 11.2. The molecule has 6 nitrogen and oxygen atoms in total. The summed E-state index contributed by atoms with van der Waals surface area (Å²) in [5, 5.41) is 12.0. The zero-order valence-corrected chi connectivity index (χ0v) is 14.1. The van der Waals surface area contributed by atoms with E-state index in [-0.39, 0.29) is 12.2 Å². The molecule has 8 heteroatoms. The summed E-state index contributed by atoms with van der Waals surface area (Å²) >= 11 is 3.11. The summed E-state index contributed by atoms with van der Waals surface area (Å²) in [6.45, 7) is 0. The lowest BCUT2D eigenvalue weighted by molar-refractivity contribution is -0.129. The molecule has 0 aliphatic heterocycles. The number of Topliss-reactive ketones (excluding diaryl/α,β-unsaturated/α-hetero) is 1. The van der Waals surface area contributed by atoms with Crippen LogP contribution in [0.1, 0.15) is 59.8 Å². The predicted octanol–water partition coefficient (Wildman–Crippen LogP) is 3.39. The van der Waals surface area contributed by atoms with E-state index < -0.39 is 5.91 Å². The zero-order chi connectivity index (χ0) is 16.2. The SMILES string of the molecule is O=C(CCCCC(=O)c1nc(-c2nccs2)sc1C1CC1)NO. The van der Waals surface area contributed by atoms with Gasteiger partial charge in [-0.25, -0.2) is 15.4 Å². The van der Waals surface area contributed by atoms with E-state index in [1.807, 2.05) is 5.38 Å². The van der Waals surface area contributed by atoms with Crippen molar-refractivity contribution in [3.8, 4) is 10.0 Å². The molecule has 2 aromatic heterocycles. The highest BCUT2D eigenvalue weighted by Gasteiger charge is 2.32. The summed E-state index contributed by atoms with van der Waals surface area (Å²) in [6.07, 6.45) is 5.76. The molecule has 122 valence electrons. The monoisotopic (exact) mass is 351 g/mol. The van der Waals surface area contributed by atoms with Gasteiger partial charge in [-0.15, -0.1) is 22.7 Å². The Balaban J connectivity index is 1.66. The number of hydroxylamine groups is 1. The van der Waals surface area contributed by atoms with Gasteiger partial charge in [0.25, 0.3) is 0 Å². The number of nitrogens with zero attached hydrogens (tertiary/aromatic N) is 2. The minimum Gasteiger partial charge on any atom is -0.292 e. The van der Waals surface area contributed by atoms with Crippen LogP contribution in [0.2, 0.25) is 0 Å². The minimum absolute atomic E-state index is 0.0374. The van der Waals surface area contributed by atoms with Crippen LogP contribution >= 0.6 is 22.7 Å². The first kappa shape index (κ1) is 16.2. The van der Waals surface area contributed by atoms with Gasteiger partial charge >= 0.3 is 0 Å². The van der Waals surface area contributed by atoms with Crippen LogP contribution in [0.4, 0.5) is 0 Å². The third-order valence-corrected chi connectivity index (χ3v) is 5.80. The van der Waals surface area contributed by atoms with Gasteiger partial charge in [0.15, 0.2) is 15.8 Å². The summed E-state index contributed by atoms with van der Waals surface area (Å²) in [5.41, 5.74) is 2.19. The maximum Gasteiger partial charge on any atom is 0.243 e. The fourth-order valence-electron chi connectivity index (χ4n) is 2.32. The number of unbranched alkanes of at least 4 members (excludes halogenated alkanes) is 1. The molecule has 1 fully saturated rings. The summed E-state index contributed by atoms with van der Waals surface area (Å²) in [7, 11) is 0. The van der Waals surface area contributed by atoms with Crippen molar-refractivity contribution in [3.63, 3.8) is 0 Å². The standard InChI is InChI=1S/C15H17N3O3S2/c19-10(3-1-2-4-11(20)18-21)12-13(9-5-6-9)23-15(17-12)14-16-7-8-22-14/h7-9,21H,1-6H2,(H,18,20). The molecule has 0 saturated heterocycles. The first-order valence-corrected chi connectivity index (χ1v) is 9.25. The molecule has 1 saturated carbocycles. The Morgan fingerprint density at radius 2 is 2.04 bits per heavy atom. The number of hydrogen-bond acceptors (Lipinski definition) is 7. The minimum atomic E-state index is -0.421. The topological polar surface area (TPSA) is 92.2 Å². The lowest BCUT2D eigenvalue weighted by Crippen LogP contribution is -2.17. The van der Waals surface area contributed by atoms with Crippen molar-refractivity contribution in [2.24, 2.45) is 0 Å². The molecule has 2 aromatic rings. The van der Waals surface area contributed by atoms with E-state index in [1.165, 1.54) is 11.3 Å². The molecule has 0 atom stereocenters. The fourth-order valence-corrected chi connectivity index (χ4v) is 4.25. The van der Waals surface area contributed by atoms with E-state index in [2.05, 4.69) is 9.97 Å². The van der Waals surface area contributed by atoms with Gasteiger partial charge in [0.2, 0.25) is 5.91 Å². The number of amides is 1. The fraction of sp³-hybridized carbons (Fsp3) is 0.467. The summed E-state index contributed by atoms with van der Waals surface area (Å²) in [4.78, 5) is 33.3. The molecule has 1 aliphatic rings. The highest BCUT2D eigenvalue weighted by atomic mass is 32.1. The molecular weight excluding hydrogens is 334 g/mol. The number of rotatable bonds is 8.